The summed E-state index contributed by atoms with van der Waals surface area (Å²) in [6.07, 6.45) is 7.23. The largest absolute Gasteiger partial charge is 0.352 e. The van der Waals surface area contributed by atoms with Gasteiger partial charge in [-0.1, -0.05) is 0 Å². The highest BCUT2D eigenvalue weighted by atomic mass is 32.1. The fourth-order valence-corrected chi connectivity index (χ4v) is 5.17. The molecule has 0 aromatic carbocycles. The van der Waals surface area contributed by atoms with Gasteiger partial charge < -0.3 is 14.7 Å². The van der Waals surface area contributed by atoms with Gasteiger partial charge in [-0.05, 0) is 25.7 Å². The Labute approximate surface area is 173 Å². The van der Waals surface area contributed by atoms with Crippen molar-refractivity contribution >= 4 is 29.0 Å². The molecular formula is C20H24N6O2S. The summed E-state index contributed by atoms with van der Waals surface area (Å²) >= 11 is 1.55. The van der Waals surface area contributed by atoms with Gasteiger partial charge in [-0.25, -0.2) is 9.97 Å². The molecule has 8 nitrogen and oxygen atoms in total. The van der Waals surface area contributed by atoms with E-state index in [0.717, 1.165) is 44.5 Å². The molecule has 0 N–H and O–H groups in total. The number of piperidine rings is 1. The Morgan fingerprint density at radius 1 is 1.17 bits per heavy atom. The van der Waals surface area contributed by atoms with Gasteiger partial charge >= 0.3 is 0 Å². The molecule has 4 fully saturated rings. The molecule has 6 heterocycles. The van der Waals surface area contributed by atoms with E-state index in [1.807, 2.05) is 15.2 Å². The van der Waals surface area contributed by atoms with Crippen LogP contribution in [0.1, 0.15) is 41.9 Å². The second-order valence-corrected chi connectivity index (χ2v) is 8.76. The van der Waals surface area contributed by atoms with Crippen LogP contribution in [0.5, 0.6) is 0 Å². The molecule has 2 bridgehead atoms. The van der Waals surface area contributed by atoms with E-state index in [1.165, 1.54) is 0 Å². The highest BCUT2D eigenvalue weighted by Gasteiger charge is 2.41. The van der Waals surface area contributed by atoms with Gasteiger partial charge in [0.1, 0.15) is 11.5 Å². The monoisotopic (exact) mass is 412 g/mol. The Hall–Kier alpha value is -2.55. The van der Waals surface area contributed by atoms with Gasteiger partial charge in [0.2, 0.25) is 5.91 Å². The van der Waals surface area contributed by atoms with Crippen molar-refractivity contribution in [2.75, 3.05) is 31.1 Å². The predicted molar refractivity (Wildman–Crippen MR) is 109 cm³/mol. The minimum absolute atomic E-state index is 0.0455. The van der Waals surface area contributed by atoms with E-state index in [4.69, 9.17) is 0 Å². The molecule has 0 aliphatic carbocycles. The van der Waals surface area contributed by atoms with E-state index in [0.29, 0.717) is 31.1 Å². The number of carbonyl (C=O) groups is 2. The zero-order valence-electron chi connectivity index (χ0n) is 16.2. The Morgan fingerprint density at radius 2 is 2.03 bits per heavy atom. The Bertz CT molecular complexity index is 898. The minimum atomic E-state index is -0.0490. The summed E-state index contributed by atoms with van der Waals surface area (Å²) in [5.41, 5.74) is 3.15. The number of hydrogen-bond acceptors (Lipinski definition) is 7. The van der Waals surface area contributed by atoms with Crippen molar-refractivity contribution in [1.29, 1.82) is 0 Å². The molecule has 9 heteroatoms. The number of rotatable bonds is 4. The predicted octanol–water partition coefficient (Wildman–Crippen LogP) is 1.80. The summed E-state index contributed by atoms with van der Waals surface area (Å²) in [7, 11) is 0. The van der Waals surface area contributed by atoms with Crippen molar-refractivity contribution in [3.8, 4) is 0 Å². The first-order chi connectivity index (χ1) is 14.2. The second-order valence-electron chi connectivity index (χ2n) is 8.04. The standard InChI is InChI=1S/C20H24N6O2S/c27-19-14-3-4-16(26(19)10-15-12-29-13-22-15)11-25(9-14)18-8-21-7-17(23-18)20(28)24-5-1-2-6-24/h7-8,12-14,16H,1-6,9-11H2/t14-,16+/m0/s1. The highest BCUT2D eigenvalue weighted by molar-refractivity contribution is 7.07. The average molecular weight is 413 g/mol. The zero-order chi connectivity index (χ0) is 19.8. The molecule has 2 atom stereocenters. The quantitative estimate of drug-likeness (QED) is 0.762. The number of anilines is 1. The van der Waals surface area contributed by atoms with Crippen molar-refractivity contribution in [2.24, 2.45) is 5.92 Å². The average Bonchev–Trinajstić information content (AvgIpc) is 3.40. The molecule has 2 amide bonds. The topological polar surface area (TPSA) is 82.5 Å². The van der Waals surface area contributed by atoms with Crippen molar-refractivity contribution in [1.82, 2.24) is 24.8 Å². The van der Waals surface area contributed by atoms with Gasteiger partial charge in [0.25, 0.3) is 5.91 Å². The van der Waals surface area contributed by atoms with Crippen molar-refractivity contribution in [3.63, 3.8) is 0 Å². The van der Waals surface area contributed by atoms with Crippen LogP contribution in [0.25, 0.3) is 0 Å². The fourth-order valence-electron chi connectivity index (χ4n) is 4.62. The molecule has 29 heavy (non-hydrogen) atoms. The molecule has 0 radical (unpaired) electrons. The van der Waals surface area contributed by atoms with Crippen LogP contribution in [0.3, 0.4) is 0 Å². The minimum Gasteiger partial charge on any atom is -0.352 e. The fraction of sp³-hybridized carbons (Fsp3) is 0.550. The number of hydrogen-bond donors (Lipinski definition) is 0. The van der Waals surface area contributed by atoms with Crippen LogP contribution in [0.4, 0.5) is 5.82 Å². The highest BCUT2D eigenvalue weighted by Crippen LogP contribution is 2.32. The maximum absolute atomic E-state index is 13.0. The third-order valence-corrected chi connectivity index (χ3v) is 6.80. The number of fused-ring (bicyclic) bond motifs is 4. The second kappa shape index (κ2) is 7.70. The molecule has 0 unspecified atom stereocenters. The number of thiazole rings is 1. The molecule has 4 aliphatic rings. The summed E-state index contributed by atoms with van der Waals surface area (Å²) < 4.78 is 0. The van der Waals surface area contributed by atoms with Gasteiger partial charge in [0.15, 0.2) is 0 Å². The van der Waals surface area contributed by atoms with Gasteiger partial charge in [-0.2, -0.15) is 0 Å². The van der Waals surface area contributed by atoms with Gasteiger partial charge in [-0.3, -0.25) is 14.6 Å². The third kappa shape index (κ3) is 3.59. The lowest BCUT2D eigenvalue weighted by Gasteiger charge is -2.35. The van der Waals surface area contributed by atoms with E-state index in [9.17, 15) is 9.59 Å². The normalized spacial score (nSPS) is 24.3. The smallest absolute Gasteiger partial charge is 0.274 e. The van der Waals surface area contributed by atoms with Crippen LogP contribution in [-0.2, 0) is 11.3 Å². The molecule has 0 saturated carbocycles. The first-order valence-corrected chi connectivity index (χ1v) is 11.2. The number of carbonyl (C=O) groups excluding carboxylic acids is 2. The maximum Gasteiger partial charge on any atom is 0.274 e. The van der Waals surface area contributed by atoms with Crippen LogP contribution in [0.2, 0.25) is 0 Å². The third-order valence-electron chi connectivity index (χ3n) is 6.17. The van der Waals surface area contributed by atoms with Crippen LogP contribution < -0.4 is 4.90 Å². The molecular weight excluding hydrogens is 388 g/mol. The lowest BCUT2D eigenvalue weighted by atomic mass is 9.94. The molecule has 6 rings (SSSR count). The van der Waals surface area contributed by atoms with Gasteiger partial charge in [-0.15, -0.1) is 11.3 Å². The molecule has 2 aromatic rings. The van der Waals surface area contributed by atoms with E-state index in [-0.39, 0.29) is 23.8 Å². The number of amides is 2. The van der Waals surface area contributed by atoms with Crippen molar-refractivity contribution < 1.29 is 9.59 Å². The summed E-state index contributed by atoms with van der Waals surface area (Å²) in [6.45, 7) is 3.48. The van der Waals surface area contributed by atoms with E-state index in [1.54, 1.807) is 29.2 Å². The lowest BCUT2D eigenvalue weighted by molar-refractivity contribution is -0.140. The van der Waals surface area contributed by atoms with Gasteiger partial charge in [0.05, 0.1) is 36.1 Å². The van der Waals surface area contributed by atoms with Crippen molar-refractivity contribution in [3.05, 3.63) is 34.7 Å². The Morgan fingerprint density at radius 3 is 2.83 bits per heavy atom. The molecule has 4 saturated heterocycles. The molecule has 152 valence electrons. The summed E-state index contributed by atoms with van der Waals surface area (Å²) in [6, 6.07) is 0.127. The number of likely N-dealkylation sites (tertiary alicyclic amines) is 1. The van der Waals surface area contributed by atoms with E-state index < -0.39 is 0 Å². The Balaban J connectivity index is 1.36. The van der Waals surface area contributed by atoms with Crippen LogP contribution >= 0.6 is 11.3 Å². The van der Waals surface area contributed by atoms with Crippen LogP contribution in [-0.4, -0.2) is 68.8 Å². The number of nitrogens with zero attached hydrogens (tertiary/aromatic N) is 6. The SMILES string of the molecule is O=C(c1cncc(N2C[C@@H]3CC[C@H](C2)N(Cc2cscn2)C3=O)n1)N1CCCC1. The molecule has 0 spiro atoms. The first kappa shape index (κ1) is 18.5. The summed E-state index contributed by atoms with van der Waals surface area (Å²) in [5.74, 6) is 0.798. The zero-order valence-corrected chi connectivity index (χ0v) is 17.1. The first-order valence-electron chi connectivity index (χ1n) is 10.2. The lowest BCUT2D eigenvalue weighted by Crippen LogP contribution is -2.47. The molecule has 2 aromatic heterocycles. The van der Waals surface area contributed by atoms with Crippen molar-refractivity contribution in [2.45, 2.75) is 38.3 Å². The van der Waals surface area contributed by atoms with E-state index >= 15 is 0 Å². The Kier molecular flexibility index (Phi) is 4.91. The van der Waals surface area contributed by atoms with E-state index in [2.05, 4.69) is 19.9 Å². The maximum atomic E-state index is 13.0. The summed E-state index contributed by atoms with van der Waals surface area (Å²) in [4.78, 5) is 45.0. The summed E-state index contributed by atoms with van der Waals surface area (Å²) in [5, 5.41) is 2.00. The van der Waals surface area contributed by atoms with Crippen LogP contribution in [0.15, 0.2) is 23.3 Å². The van der Waals surface area contributed by atoms with Crippen LogP contribution in [0, 0.1) is 5.92 Å². The van der Waals surface area contributed by atoms with Gasteiger partial charge in [0, 0.05) is 37.6 Å². The molecule has 4 aliphatic heterocycles. The number of aromatic nitrogens is 3.